The molecule has 80 valence electrons. The summed E-state index contributed by atoms with van der Waals surface area (Å²) < 4.78 is 5.30. The molecule has 0 aliphatic rings. The molecule has 1 aromatic heterocycles. The highest BCUT2D eigenvalue weighted by Crippen LogP contribution is 2.31. The summed E-state index contributed by atoms with van der Waals surface area (Å²) in [6.07, 6.45) is 9.37. The Morgan fingerprint density at radius 2 is 2.21 bits per heavy atom. The molecule has 0 N–H and O–H groups in total. The maximum absolute atomic E-state index is 5.30. The molecule has 2 nitrogen and oxygen atoms in total. The number of oxazole rings is 1. The van der Waals surface area contributed by atoms with Gasteiger partial charge in [0.2, 0.25) is 0 Å². The number of nitrogens with zero attached hydrogens (tertiary/aromatic N) is 1. The SMILES string of the molecule is CCCCC(C)(CC)Cc1ncco1. The van der Waals surface area contributed by atoms with E-state index in [1.54, 1.807) is 12.5 Å². The minimum Gasteiger partial charge on any atom is -0.449 e. The van der Waals surface area contributed by atoms with Crippen molar-refractivity contribution in [3.05, 3.63) is 18.4 Å². The average molecular weight is 195 g/mol. The number of hydrogen-bond donors (Lipinski definition) is 0. The van der Waals surface area contributed by atoms with Gasteiger partial charge in [0.1, 0.15) is 6.26 Å². The second kappa shape index (κ2) is 5.18. The summed E-state index contributed by atoms with van der Waals surface area (Å²) in [5.41, 5.74) is 0.362. The molecule has 0 aliphatic carbocycles. The minimum absolute atomic E-state index is 0.362. The molecule has 0 spiro atoms. The van der Waals surface area contributed by atoms with Crippen molar-refractivity contribution in [2.45, 2.75) is 52.9 Å². The number of rotatable bonds is 6. The molecule has 1 rings (SSSR count). The zero-order valence-corrected chi connectivity index (χ0v) is 9.55. The van der Waals surface area contributed by atoms with Gasteiger partial charge in [-0.3, -0.25) is 0 Å². The van der Waals surface area contributed by atoms with E-state index >= 15 is 0 Å². The molecule has 0 fully saturated rings. The molecular weight excluding hydrogens is 174 g/mol. The van der Waals surface area contributed by atoms with Gasteiger partial charge in [0.15, 0.2) is 5.89 Å². The lowest BCUT2D eigenvalue weighted by molar-refractivity contribution is 0.250. The molecule has 1 unspecified atom stereocenters. The number of hydrogen-bond acceptors (Lipinski definition) is 2. The Labute approximate surface area is 86.7 Å². The van der Waals surface area contributed by atoms with Crippen molar-refractivity contribution in [2.24, 2.45) is 5.41 Å². The fourth-order valence-corrected chi connectivity index (χ4v) is 1.70. The fourth-order valence-electron chi connectivity index (χ4n) is 1.70. The zero-order chi connectivity index (χ0) is 10.4. The summed E-state index contributed by atoms with van der Waals surface area (Å²) in [5.74, 6) is 0.880. The van der Waals surface area contributed by atoms with Crippen LogP contribution in [0.2, 0.25) is 0 Å². The van der Waals surface area contributed by atoms with Gasteiger partial charge < -0.3 is 4.42 Å². The average Bonchev–Trinajstić information content (AvgIpc) is 2.67. The Morgan fingerprint density at radius 1 is 1.43 bits per heavy atom. The fraction of sp³-hybridized carbons (Fsp3) is 0.750. The molecule has 0 radical (unpaired) electrons. The first-order chi connectivity index (χ1) is 6.70. The van der Waals surface area contributed by atoms with Crippen molar-refractivity contribution >= 4 is 0 Å². The Hall–Kier alpha value is -0.790. The number of aromatic nitrogens is 1. The van der Waals surface area contributed by atoms with Crippen LogP contribution in [0.25, 0.3) is 0 Å². The van der Waals surface area contributed by atoms with E-state index in [4.69, 9.17) is 4.42 Å². The van der Waals surface area contributed by atoms with Crippen LogP contribution < -0.4 is 0 Å². The molecule has 2 heteroatoms. The minimum atomic E-state index is 0.362. The van der Waals surface area contributed by atoms with Crippen molar-refractivity contribution in [3.63, 3.8) is 0 Å². The highest BCUT2D eigenvalue weighted by Gasteiger charge is 2.23. The van der Waals surface area contributed by atoms with E-state index in [0.717, 1.165) is 12.3 Å². The largest absolute Gasteiger partial charge is 0.449 e. The van der Waals surface area contributed by atoms with Crippen LogP contribution in [0.4, 0.5) is 0 Å². The van der Waals surface area contributed by atoms with E-state index < -0.39 is 0 Å². The Morgan fingerprint density at radius 3 is 2.71 bits per heavy atom. The van der Waals surface area contributed by atoms with Gasteiger partial charge in [0.25, 0.3) is 0 Å². The molecule has 0 saturated carbocycles. The lowest BCUT2D eigenvalue weighted by Gasteiger charge is -2.26. The first-order valence-corrected chi connectivity index (χ1v) is 5.58. The first kappa shape index (κ1) is 11.3. The third-order valence-electron chi connectivity index (χ3n) is 3.05. The molecule has 0 bridgehead atoms. The normalized spacial score (nSPS) is 15.4. The Kier molecular flexibility index (Phi) is 4.18. The zero-order valence-electron chi connectivity index (χ0n) is 9.55. The molecule has 0 aromatic carbocycles. The van der Waals surface area contributed by atoms with Crippen LogP contribution >= 0.6 is 0 Å². The van der Waals surface area contributed by atoms with Crippen LogP contribution in [0.5, 0.6) is 0 Å². The summed E-state index contributed by atoms with van der Waals surface area (Å²) in [6.45, 7) is 6.81. The van der Waals surface area contributed by atoms with Crippen LogP contribution in [0.15, 0.2) is 16.9 Å². The van der Waals surface area contributed by atoms with Gasteiger partial charge in [-0.05, 0) is 11.8 Å². The van der Waals surface area contributed by atoms with Gasteiger partial charge in [-0.1, -0.05) is 40.0 Å². The van der Waals surface area contributed by atoms with Crippen LogP contribution in [0.3, 0.4) is 0 Å². The molecule has 1 heterocycles. The van der Waals surface area contributed by atoms with Gasteiger partial charge in [-0.2, -0.15) is 0 Å². The predicted molar refractivity (Wildman–Crippen MR) is 58.1 cm³/mol. The van der Waals surface area contributed by atoms with Gasteiger partial charge >= 0.3 is 0 Å². The van der Waals surface area contributed by atoms with E-state index in [2.05, 4.69) is 25.8 Å². The summed E-state index contributed by atoms with van der Waals surface area (Å²) >= 11 is 0. The van der Waals surface area contributed by atoms with Crippen molar-refractivity contribution in [1.29, 1.82) is 0 Å². The van der Waals surface area contributed by atoms with Gasteiger partial charge in [-0.15, -0.1) is 0 Å². The molecule has 1 aromatic rings. The van der Waals surface area contributed by atoms with E-state index in [9.17, 15) is 0 Å². The van der Waals surface area contributed by atoms with Crippen LogP contribution in [-0.2, 0) is 6.42 Å². The van der Waals surface area contributed by atoms with Crippen molar-refractivity contribution in [3.8, 4) is 0 Å². The van der Waals surface area contributed by atoms with Crippen molar-refractivity contribution in [2.75, 3.05) is 0 Å². The van der Waals surface area contributed by atoms with E-state index in [-0.39, 0.29) is 0 Å². The summed E-state index contributed by atoms with van der Waals surface area (Å²) in [4.78, 5) is 4.19. The van der Waals surface area contributed by atoms with Crippen molar-refractivity contribution < 1.29 is 4.42 Å². The van der Waals surface area contributed by atoms with Crippen LogP contribution in [0.1, 0.15) is 52.3 Å². The Bertz CT molecular complexity index is 243. The van der Waals surface area contributed by atoms with Crippen LogP contribution in [0, 0.1) is 5.41 Å². The number of unbranched alkanes of at least 4 members (excludes halogenated alkanes) is 1. The predicted octanol–water partition coefficient (Wildman–Crippen LogP) is 3.82. The maximum atomic E-state index is 5.30. The van der Waals surface area contributed by atoms with Gasteiger partial charge in [0, 0.05) is 6.42 Å². The highest BCUT2D eigenvalue weighted by molar-refractivity contribution is 4.88. The Balaban J connectivity index is 2.52. The topological polar surface area (TPSA) is 26.0 Å². The monoisotopic (exact) mass is 195 g/mol. The van der Waals surface area contributed by atoms with E-state index in [0.29, 0.717) is 5.41 Å². The van der Waals surface area contributed by atoms with Crippen LogP contribution in [-0.4, -0.2) is 4.98 Å². The summed E-state index contributed by atoms with van der Waals surface area (Å²) in [7, 11) is 0. The van der Waals surface area contributed by atoms with Gasteiger partial charge in [-0.25, -0.2) is 4.98 Å². The first-order valence-electron chi connectivity index (χ1n) is 5.58. The lowest BCUT2D eigenvalue weighted by Crippen LogP contribution is -2.18. The lowest BCUT2D eigenvalue weighted by atomic mass is 9.79. The third kappa shape index (κ3) is 3.17. The second-order valence-corrected chi connectivity index (χ2v) is 4.37. The summed E-state index contributed by atoms with van der Waals surface area (Å²) in [5, 5.41) is 0. The summed E-state index contributed by atoms with van der Waals surface area (Å²) in [6, 6.07) is 0. The molecule has 14 heavy (non-hydrogen) atoms. The molecule has 1 atom stereocenters. The third-order valence-corrected chi connectivity index (χ3v) is 3.05. The molecule has 0 saturated heterocycles. The van der Waals surface area contributed by atoms with Crippen molar-refractivity contribution in [1.82, 2.24) is 4.98 Å². The second-order valence-electron chi connectivity index (χ2n) is 4.37. The van der Waals surface area contributed by atoms with E-state index in [1.165, 1.54) is 25.7 Å². The molecule has 0 aliphatic heterocycles. The smallest absolute Gasteiger partial charge is 0.194 e. The molecular formula is C12H21NO. The van der Waals surface area contributed by atoms with Gasteiger partial charge in [0.05, 0.1) is 6.20 Å². The quantitative estimate of drug-likeness (QED) is 0.689. The standard InChI is InChI=1S/C12H21NO/c1-4-6-7-12(3,5-2)10-11-13-8-9-14-11/h8-9H,4-7,10H2,1-3H3. The maximum Gasteiger partial charge on any atom is 0.194 e. The van der Waals surface area contributed by atoms with E-state index in [1.807, 2.05) is 0 Å². The molecule has 0 amide bonds. The highest BCUT2D eigenvalue weighted by atomic mass is 16.3.